The molecule has 0 radical (unpaired) electrons. The lowest BCUT2D eigenvalue weighted by Crippen LogP contribution is -2.54. The molecule has 86 valence electrons. The number of likely N-dealkylation sites (N-methyl/N-ethyl adjacent to an activating group) is 1. The summed E-state index contributed by atoms with van der Waals surface area (Å²) in [6.45, 7) is 8.19. The lowest BCUT2D eigenvalue weighted by molar-refractivity contribution is 0.214. The Labute approximate surface area is 87.5 Å². The van der Waals surface area contributed by atoms with E-state index in [1.165, 1.54) is 4.31 Å². The van der Waals surface area contributed by atoms with E-state index in [2.05, 4.69) is 0 Å². The van der Waals surface area contributed by atoms with Gasteiger partial charge in [-0.15, -0.1) is 0 Å². The first kappa shape index (κ1) is 13.9. The normalized spacial score (nSPS) is 17.0. The molecule has 0 saturated heterocycles. The zero-order chi connectivity index (χ0) is 11.4. The van der Waals surface area contributed by atoms with Crippen molar-refractivity contribution in [3.8, 4) is 0 Å². The molecule has 0 saturated carbocycles. The molecular weight excluding hydrogens is 200 g/mol. The Morgan fingerprint density at radius 2 is 1.79 bits per heavy atom. The van der Waals surface area contributed by atoms with Crippen molar-refractivity contribution in [3.05, 3.63) is 0 Å². The topological polar surface area (TPSA) is 63.4 Å². The van der Waals surface area contributed by atoms with Crippen molar-refractivity contribution in [3.63, 3.8) is 0 Å². The van der Waals surface area contributed by atoms with Crippen LogP contribution >= 0.6 is 0 Å². The molecule has 4 nitrogen and oxygen atoms in total. The predicted octanol–water partition coefficient (Wildman–Crippen LogP) is 0.785. The summed E-state index contributed by atoms with van der Waals surface area (Å²) in [5.41, 5.74) is 5.20. The van der Waals surface area contributed by atoms with Crippen molar-refractivity contribution in [1.82, 2.24) is 4.31 Å². The minimum absolute atomic E-state index is 0.135. The minimum Gasteiger partial charge on any atom is -0.329 e. The van der Waals surface area contributed by atoms with Gasteiger partial charge in [-0.3, -0.25) is 0 Å². The third kappa shape index (κ3) is 2.68. The minimum atomic E-state index is -3.14. The van der Waals surface area contributed by atoms with Crippen LogP contribution < -0.4 is 5.73 Å². The monoisotopic (exact) mass is 222 g/mol. The van der Waals surface area contributed by atoms with E-state index in [0.717, 1.165) is 6.42 Å². The average Bonchev–Trinajstić information content (AvgIpc) is 2.18. The van der Waals surface area contributed by atoms with Crippen LogP contribution in [0.5, 0.6) is 0 Å². The van der Waals surface area contributed by atoms with Crippen LogP contribution in [0.2, 0.25) is 0 Å². The average molecular weight is 222 g/mol. The molecule has 0 spiro atoms. The third-order valence-corrected chi connectivity index (χ3v) is 4.89. The molecule has 1 unspecified atom stereocenters. The maximum absolute atomic E-state index is 11.8. The highest BCUT2D eigenvalue weighted by atomic mass is 32.2. The van der Waals surface area contributed by atoms with Gasteiger partial charge < -0.3 is 5.73 Å². The number of rotatable bonds is 6. The fourth-order valence-electron chi connectivity index (χ4n) is 1.49. The van der Waals surface area contributed by atoms with Gasteiger partial charge in [-0.25, -0.2) is 8.42 Å². The van der Waals surface area contributed by atoms with Crippen LogP contribution in [0, 0.1) is 0 Å². The fourth-order valence-corrected chi connectivity index (χ4v) is 3.07. The summed E-state index contributed by atoms with van der Waals surface area (Å²) in [6.07, 6.45) is 0.733. The largest absolute Gasteiger partial charge is 0.329 e. The van der Waals surface area contributed by atoms with Crippen molar-refractivity contribution in [2.24, 2.45) is 5.73 Å². The summed E-state index contributed by atoms with van der Waals surface area (Å²) in [6, 6.07) is 0. The summed E-state index contributed by atoms with van der Waals surface area (Å²) in [5.74, 6) is 0.135. The molecule has 14 heavy (non-hydrogen) atoms. The maximum Gasteiger partial charge on any atom is 0.214 e. The zero-order valence-corrected chi connectivity index (χ0v) is 10.4. The second-order valence-corrected chi connectivity index (χ2v) is 5.80. The Balaban J connectivity index is 5.07. The third-order valence-electron chi connectivity index (χ3n) is 2.79. The van der Waals surface area contributed by atoms with E-state index in [-0.39, 0.29) is 5.75 Å². The fraction of sp³-hybridized carbons (Fsp3) is 1.00. The van der Waals surface area contributed by atoms with Gasteiger partial charge in [-0.2, -0.15) is 4.31 Å². The lowest BCUT2D eigenvalue weighted by Gasteiger charge is -2.38. The molecule has 0 rings (SSSR count). The van der Waals surface area contributed by atoms with Gasteiger partial charge in [0.1, 0.15) is 0 Å². The molecule has 0 aromatic heterocycles. The van der Waals surface area contributed by atoms with E-state index in [0.29, 0.717) is 13.1 Å². The summed E-state index contributed by atoms with van der Waals surface area (Å²) in [4.78, 5) is 0. The Morgan fingerprint density at radius 1 is 1.29 bits per heavy atom. The Kier molecular flexibility index (Phi) is 5.05. The highest BCUT2D eigenvalue weighted by Crippen LogP contribution is 2.21. The van der Waals surface area contributed by atoms with E-state index in [4.69, 9.17) is 5.73 Å². The number of nitrogens with zero attached hydrogens (tertiary/aromatic N) is 1. The van der Waals surface area contributed by atoms with Crippen molar-refractivity contribution in [2.75, 3.05) is 18.8 Å². The summed E-state index contributed by atoms with van der Waals surface area (Å²) >= 11 is 0. The molecule has 0 heterocycles. The van der Waals surface area contributed by atoms with Gasteiger partial charge in [0, 0.05) is 18.6 Å². The molecule has 0 aliphatic carbocycles. The van der Waals surface area contributed by atoms with Crippen molar-refractivity contribution < 1.29 is 8.42 Å². The summed E-state index contributed by atoms with van der Waals surface area (Å²) in [5, 5.41) is 0. The van der Waals surface area contributed by atoms with Crippen LogP contribution in [0.3, 0.4) is 0 Å². The molecule has 0 fully saturated rings. The summed E-state index contributed by atoms with van der Waals surface area (Å²) < 4.78 is 25.0. The van der Waals surface area contributed by atoms with E-state index in [9.17, 15) is 8.42 Å². The molecule has 0 bridgehead atoms. The van der Waals surface area contributed by atoms with Crippen LogP contribution in [0.1, 0.15) is 34.1 Å². The SMILES string of the molecule is CCN(C(C)(CC)CN)S(=O)(=O)CC. The van der Waals surface area contributed by atoms with Crippen molar-refractivity contribution >= 4 is 10.0 Å². The van der Waals surface area contributed by atoms with Crippen LogP contribution in [0.25, 0.3) is 0 Å². The standard InChI is InChI=1S/C9H22N2O2S/c1-5-9(4,8-10)11(6-2)14(12,13)7-3/h5-8,10H2,1-4H3. The smallest absolute Gasteiger partial charge is 0.214 e. The van der Waals surface area contributed by atoms with Crippen LogP contribution in [-0.2, 0) is 10.0 Å². The van der Waals surface area contributed by atoms with E-state index in [1.807, 2.05) is 20.8 Å². The highest BCUT2D eigenvalue weighted by molar-refractivity contribution is 7.89. The van der Waals surface area contributed by atoms with Crippen molar-refractivity contribution in [2.45, 2.75) is 39.7 Å². The van der Waals surface area contributed by atoms with Crippen LogP contribution in [-0.4, -0.2) is 37.1 Å². The van der Waals surface area contributed by atoms with Gasteiger partial charge in [-0.1, -0.05) is 13.8 Å². The van der Waals surface area contributed by atoms with Gasteiger partial charge in [0.25, 0.3) is 0 Å². The van der Waals surface area contributed by atoms with Gasteiger partial charge >= 0.3 is 0 Å². The predicted molar refractivity (Wildman–Crippen MR) is 59.6 cm³/mol. The first-order valence-electron chi connectivity index (χ1n) is 5.08. The molecule has 0 aromatic carbocycles. The Morgan fingerprint density at radius 3 is 2.00 bits per heavy atom. The van der Waals surface area contributed by atoms with Gasteiger partial charge in [0.05, 0.1) is 5.75 Å². The maximum atomic E-state index is 11.8. The number of hydrogen-bond donors (Lipinski definition) is 1. The lowest BCUT2D eigenvalue weighted by atomic mass is 9.99. The molecule has 0 amide bonds. The molecule has 1 atom stereocenters. The van der Waals surface area contributed by atoms with Crippen LogP contribution in [0.4, 0.5) is 0 Å². The quantitative estimate of drug-likeness (QED) is 0.722. The van der Waals surface area contributed by atoms with Gasteiger partial charge in [0.2, 0.25) is 10.0 Å². The number of hydrogen-bond acceptors (Lipinski definition) is 3. The van der Waals surface area contributed by atoms with Gasteiger partial charge in [0.15, 0.2) is 0 Å². The van der Waals surface area contributed by atoms with Crippen LogP contribution in [0.15, 0.2) is 0 Å². The zero-order valence-electron chi connectivity index (χ0n) is 9.58. The summed E-state index contributed by atoms with van der Waals surface area (Å²) in [7, 11) is -3.14. The Hall–Kier alpha value is -0.130. The number of sulfonamides is 1. The first-order valence-corrected chi connectivity index (χ1v) is 6.69. The highest BCUT2D eigenvalue weighted by Gasteiger charge is 2.35. The van der Waals surface area contributed by atoms with Crippen molar-refractivity contribution in [1.29, 1.82) is 0 Å². The van der Waals surface area contributed by atoms with Gasteiger partial charge in [-0.05, 0) is 20.3 Å². The second-order valence-electron chi connectivity index (χ2n) is 3.62. The van der Waals surface area contributed by atoms with E-state index >= 15 is 0 Å². The molecular formula is C9H22N2O2S. The van der Waals surface area contributed by atoms with E-state index < -0.39 is 15.6 Å². The first-order chi connectivity index (χ1) is 6.37. The Bertz CT molecular complexity index is 258. The molecule has 2 N–H and O–H groups in total. The molecule has 0 aliphatic heterocycles. The molecule has 0 aliphatic rings. The van der Waals surface area contributed by atoms with E-state index in [1.54, 1.807) is 6.92 Å². The molecule has 5 heteroatoms. The number of nitrogens with two attached hydrogens (primary N) is 1. The molecule has 0 aromatic rings. The second kappa shape index (κ2) is 5.09.